The third kappa shape index (κ3) is 2.51. The first kappa shape index (κ1) is 14.7. The van der Waals surface area contributed by atoms with Crippen LogP contribution < -0.4 is 4.90 Å². The zero-order valence-corrected chi connectivity index (χ0v) is 13.1. The summed E-state index contributed by atoms with van der Waals surface area (Å²) in [6.07, 6.45) is 2.14. The van der Waals surface area contributed by atoms with E-state index in [4.69, 9.17) is 9.78 Å². The summed E-state index contributed by atoms with van der Waals surface area (Å²) in [5, 5.41) is 13.2. The van der Waals surface area contributed by atoms with Crippen LogP contribution in [0.3, 0.4) is 0 Å². The maximum Gasteiger partial charge on any atom is 0.248 e. The Labute approximate surface area is 139 Å². The molecule has 0 bridgehead atoms. The van der Waals surface area contributed by atoms with Crippen molar-refractivity contribution in [2.24, 2.45) is 0 Å². The number of carbonyl (C=O) groups is 1. The van der Waals surface area contributed by atoms with Crippen molar-refractivity contribution in [3.8, 4) is 17.5 Å². The minimum Gasteiger partial charge on any atom is -0.338 e. The third-order valence-corrected chi connectivity index (χ3v) is 4.63. The maximum absolute atomic E-state index is 12.8. The Morgan fingerprint density at radius 2 is 1.96 bits per heavy atom. The molecule has 0 spiro atoms. The Morgan fingerprint density at radius 1 is 1.17 bits per heavy atom. The van der Waals surface area contributed by atoms with Crippen molar-refractivity contribution in [2.45, 2.75) is 6.04 Å². The Balaban J connectivity index is 1.56. The summed E-state index contributed by atoms with van der Waals surface area (Å²) < 4.78 is 5.42. The first-order chi connectivity index (χ1) is 11.8. The quantitative estimate of drug-likeness (QED) is 0.772. The summed E-state index contributed by atoms with van der Waals surface area (Å²) in [7, 11) is 0. The van der Waals surface area contributed by atoms with Crippen LogP contribution in [0.15, 0.2) is 40.9 Å². The molecule has 1 aromatic carbocycles. The molecule has 2 fully saturated rings. The first-order valence-electron chi connectivity index (χ1n) is 7.98. The fourth-order valence-electron chi connectivity index (χ4n) is 3.29. The van der Waals surface area contributed by atoms with Crippen LogP contribution in [0.25, 0.3) is 11.3 Å². The zero-order valence-electron chi connectivity index (χ0n) is 13.1. The molecular weight excluding hydrogens is 306 g/mol. The highest BCUT2D eigenvalue weighted by Crippen LogP contribution is 2.27. The molecule has 1 amide bonds. The van der Waals surface area contributed by atoms with Gasteiger partial charge < -0.3 is 9.42 Å². The lowest BCUT2D eigenvalue weighted by atomic mass is 10.1. The van der Waals surface area contributed by atoms with Crippen LogP contribution in [0, 0.1) is 11.5 Å². The molecule has 0 radical (unpaired) electrons. The highest BCUT2D eigenvalue weighted by molar-refractivity contribution is 5.97. The number of benzene rings is 1. The van der Waals surface area contributed by atoms with Crippen LogP contribution >= 0.6 is 0 Å². The fraction of sp³-hybridized carbons (Fsp3) is 0.353. The molecule has 0 aliphatic carbocycles. The lowest BCUT2D eigenvalue weighted by Gasteiger charge is -2.44. The van der Waals surface area contributed by atoms with E-state index in [1.165, 1.54) is 0 Å². The van der Waals surface area contributed by atoms with E-state index in [0.29, 0.717) is 31.2 Å². The van der Waals surface area contributed by atoms with Gasteiger partial charge in [-0.2, -0.15) is 5.26 Å². The largest absolute Gasteiger partial charge is 0.338 e. The topological polar surface area (TPSA) is 76.6 Å². The molecule has 24 heavy (non-hydrogen) atoms. The Bertz CT molecular complexity index is 782. The summed E-state index contributed by atoms with van der Waals surface area (Å²) in [6.45, 7) is 3.21. The number of hydrogen-bond acceptors (Lipinski definition) is 6. The SMILES string of the molecule is N#CN1CCN2CCN(c3cc(-c4ccccc4)no3)C(=O)[C@H]2C1. The van der Waals surface area contributed by atoms with Crippen molar-refractivity contribution in [1.29, 1.82) is 5.26 Å². The van der Waals surface area contributed by atoms with Crippen LogP contribution in [0.2, 0.25) is 0 Å². The van der Waals surface area contributed by atoms with Gasteiger partial charge in [0.2, 0.25) is 11.8 Å². The molecule has 7 heteroatoms. The van der Waals surface area contributed by atoms with Gasteiger partial charge in [-0.1, -0.05) is 35.5 Å². The molecule has 0 saturated carbocycles. The molecule has 7 nitrogen and oxygen atoms in total. The lowest BCUT2D eigenvalue weighted by molar-refractivity contribution is -0.128. The van der Waals surface area contributed by atoms with Crippen LogP contribution in [-0.2, 0) is 4.79 Å². The second-order valence-electron chi connectivity index (χ2n) is 6.00. The van der Waals surface area contributed by atoms with Gasteiger partial charge in [0, 0.05) is 37.8 Å². The van der Waals surface area contributed by atoms with Crippen molar-refractivity contribution in [1.82, 2.24) is 15.0 Å². The van der Waals surface area contributed by atoms with E-state index < -0.39 is 0 Å². The predicted octanol–water partition coefficient (Wildman–Crippen LogP) is 1.16. The van der Waals surface area contributed by atoms with Crippen molar-refractivity contribution in [2.75, 3.05) is 37.6 Å². The Kier molecular flexibility index (Phi) is 3.67. The minimum absolute atomic E-state index is 0.0306. The van der Waals surface area contributed by atoms with Crippen molar-refractivity contribution in [3.63, 3.8) is 0 Å². The average Bonchev–Trinajstić information content (AvgIpc) is 3.12. The van der Waals surface area contributed by atoms with Gasteiger partial charge in [-0.05, 0) is 0 Å². The van der Waals surface area contributed by atoms with E-state index in [1.807, 2.05) is 30.3 Å². The number of hydrogen-bond donors (Lipinski definition) is 0. The van der Waals surface area contributed by atoms with E-state index >= 15 is 0 Å². The second-order valence-corrected chi connectivity index (χ2v) is 6.00. The number of fused-ring (bicyclic) bond motifs is 1. The second kappa shape index (κ2) is 5.98. The van der Waals surface area contributed by atoms with Crippen LogP contribution in [-0.4, -0.2) is 59.6 Å². The van der Waals surface area contributed by atoms with Gasteiger partial charge in [-0.25, -0.2) is 0 Å². The van der Waals surface area contributed by atoms with Gasteiger partial charge in [-0.3, -0.25) is 14.6 Å². The zero-order chi connectivity index (χ0) is 16.5. The van der Waals surface area contributed by atoms with Crippen LogP contribution in [0.1, 0.15) is 0 Å². The van der Waals surface area contributed by atoms with Crippen LogP contribution in [0.4, 0.5) is 5.88 Å². The summed E-state index contributed by atoms with van der Waals surface area (Å²) in [4.78, 5) is 18.2. The summed E-state index contributed by atoms with van der Waals surface area (Å²) >= 11 is 0. The molecular formula is C17H17N5O2. The Hall–Kier alpha value is -2.85. The minimum atomic E-state index is -0.294. The van der Waals surface area contributed by atoms with Crippen molar-refractivity contribution in [3.05, 3.63) is 36.4 Å². The first-order valence-corrected chi connectivity index (χ1v) is 7.98. The number of nitrogens with zero attached hydrogens (tertiary/aromatic N) is 5. The van der Waals surface area contributed by atoms with Gasteiger partial charge in [0.25, 0.3) is 0 Å². The van der Waals surface area contributed by atoms with Crippen molar-refractivity contribution < 1.29 is 9.32 Å². The van der Waals surface area contributed by atoms with Gasteiger partial charge in [-0.15, -0.1) is 0 Å². The molecule has 2 aliphatic heterocycles. The van der Waals surface area contributed by atoms with Gasteiger partial charge >= 0.3 is 0 Å². The number of piperazine rings is 2. The molecule has 2 aromatic rings. The van der Waals surface area contributed by atoms with Crippen LogP contribution in [0.5, 0.6) is 0 Å². The highest BCUT2D eigenvalue weighted by atomic mass is 16.5. The highest BCUT2D eigenvalue weighted by Gasteiger charge is 2.40. The monoisotopic (exact) mass is 323 g/mol. The summed E-state index contributed by atoms with van der Waals surface area (Å²) in [6, 6.07) is 11.2. The number of aromatic nitrogens is 1. The smallest absolute Gasteiger partial charge is 0.248 e. The molecule has 122 valence electrons. The fourth-order valence-corrected chi connectivity index (χ4v) is 3.29. The maximum atomic E-state index is 12.8. The van der Waals surface area contributed by atoms with E-state index in [-0.39, 0.29) is 11.9 Å². The average molecular weight is 323 g/mol. The normalized spacial score (nSPS) is 21.5. The Morgan fingerprint density at radius 3 is 2.75 bits per heavy atom. The molecule has 0 N–H and O–H groups in total. The van der Waals surface area contributed by atoms with Gasteiger partial charge in [0.1, 0.15) is 11.7 Å². The molecule has 2 saturated heterocycles. The number of rotatable bonds is 2. The van der Waals surface area contributed by atoms with Gasteiger partial charge in [0.05, 0.1) is 6.54 Å². The van der Waals surface area contributed by atoms with E-state index in [2.05, 4.69) is 16.2 Å². The molecule has 2 aliphatic rings. The molecule has 0 unspecified atom stereocenters. The number of amides is 1. The van der Waals surface area contributed by atoms with E-state index in [9.17, 15) is 4.79 Å². The summed E-state index contributed by atoms with van der Waals surface area (Å²) in [5.41, 5.74) is 1.66. The van der Waals surface area contributed by atoms with E-state index in [1.54, 1.807) is 15.9 Å². The molecule has 1 atom stereocenters. The molecule has 4 rings (SSSR count). The molecule has 3 heterocycles. The standard InChI is InChI=1S/C17H17N5O2/c18-12-20-6-7-21-8-9-22(17(23)15(21)11-20)16-10-14(19-24-16)13-4-2-1-3-5-13/h1-5,10,15H,6-9,11H2/t15-/m1/s1. The predicted molar refractivity (Wildman–Crippen MR) is 86.8 cm³/mol. The van der Waals surface area contributed by atoms with Crippen molar-refractivity contribution >= 4 is 11.8 Å². The number of carbonyl (C=O) groups excluding carboxylic acids is 1. The third-order valence-electron chi connectivity index (χ3n) is 4.63. The van der Waals surface area contributed by atoms with E-state index in [0.717, 1.165) is 18.7 Å². The molecule has 1 aromatic heterocycles. The van der Waals surface area contributed by atoms with Gasteiger partial charge in [0.15, 0.2) is 6.19 Å². The number of anilines is 1. The number of nitriles is 1. The summed E-state index contributed by atoms with van der Waals surface area (Å²) in [5.74, 6) is 0.435. The lowest BCUT2D eigenvalue weighted by Crippen LogP contribution is -2.64.